The van der Waals surface area contributed by atoms with Crippen LogP contribution < -0.4 is 5.32 Å². The highest BCUT2D eigenvalue weighted by molar-refractivity contribution is 5.80. The van der Waals surface area contributed by atoms with Crippen molar-refractivity contribution in [3.05, 3.63) is 48.0 Å². The Morgan fingerprint density at radius 1 is 1.19 bits per heavy atom. The van der Waals surface area contributed by atoms with Gasteiger partial charge in [-0.2, -0.15) is 0 Å². The van der Waals surface area contributed by atoms with Crippen LogP contribution in [0.25, 0.3) is 0 Å². The van der Waals surface area contributed by atoms with Gasteiger partial charge in [0.15, 0.2) is 5.96 Å². The molecule has 0 bridgehead atoms. The second-order valence-corrected chi connectivity index (χ2v) is 7.70. The minimum absolute atomic E-state index is 0.696. The van der Waals surface area contributed by atoms with Crippen molar-refractivity contribution in [3.63, 3.8) is 0 Å². The molecule has 3 rings (SSSR count). The van der Waals surface area contributed by atoms with Crippen LogP contribution in [0.1, 0.15) is 38.6 Å². The SMILES string of the molecule is CCc1nncn1CCNC(=NCc1ccccc1)N1CC(C)CC(C)C1. The Morgan fingerprint density at radius 2 is 1.93 bits per heavy atom. The molecule has 0 radical (unpaired) electrons. The van der Waals surface area contributed by atoms with Gasteiger partial charge in [0, 0.05) is 32.6 Å². The Labute approximate surface area is 162 Å². The fourth-order valence-corrected chi connectivity index (χ4v) is 3.88. The molecule has 1 aromatic carbocycles. The average molecular weight is 369 g/mol. The predicted molar refractivity (Wildman–Crippen MR) is 110 cm³/mol. The Morgan fingerprint density at radius 3 is 2.63 bits per heavy atom. The summed E-state index contributed by atoms with van der Waals surface area (Å²) in [5, 5.41) is 11.8. The first kappa shape index (κ1) is 19.4. The molecule has 1 aliphatic heterocycles. The summed E-state index contributed by atoms with van der Waals surface area (Å²) >= 11 is 0. The topological polar surface area (TPSA) is 58.3 Å². The van der Waals surface area contributed by atoms with E-state index in [1.807, 2.05) is 12.4 Å². The molecule has 2 heterocycles. The summed E-state index contributed by atoms with van der Waals surface area (Å²) in [6.45, 7) is 11.3. The number of piperidine rings is 1. The van der Waals surface area contributed by atoms with E-state index in [9.17, 15) is 0 Å². The number of likely N-dealkylation sites (tertiary alicyclic amines) is 1. The first-order valence-electron chi connectivity index (χ1n) is 10.1. The number of benzene rings is 1. The van der Waals surface area contributed by atoms with Crippen LogP contribution in [0.3, 0.4) is 0 Å². The number of nitrogens with one attached hydrogen (secondary N) is 1. The van der Waals surface area contributed by atoms with Crippen LogP contribution in [-0.2, 0) is 19.5 Å². The smallest absolute Gasteiger partial charge is 0.194 e. The maximum absolute atomic E-state index is 4.94. The molecule has 146 valence electrons. The average Bonchev–Trinajstić information content (AvgIpc) is 3.12. The molecule has 1 N–H and O–H groups in total. The van der Waals surface area contributed by atoms with Gasteiger partial charge in [0.2, 0.25) is 0 Å². The second-order valence-electron chi connectivity index (χ2n) is 7.70. The maximum Gasteiger partial charge on any atom is 0.194 e. The monoisotopic (exact) mass is 368 g/mol. The van der Waals surface area contributed by atoms with Gasteiger partial charge < -0.3 is 14.8 Å². The van der Waals surface area contributed by atoms with E-state index in [1.165, 1.54) is 12.0 Å². The first-order chi connectivity index (χ1) is 13.2. The van der Waals surface area contributed by atoms with Gasteiger partial charge in [0.25, 0.3) is 0 Å². The van der Waals surface area contributed by atoms with E-state index in [2.05, 4.69) is 70.0 Å². The lowest BCUT2D eigenvalue weighted by atomic mass is 9.92. The quantitative estimate of drug-likeness (QED) is 0.629. The van der Waals surface area contributed by atoms with Gasteiger partial charge in [-0.1, -0.05) is 51.1 Å². The second kappa shape index (κ2) is 9.53. The fourth-order valence-electron chi connectivity index (χ4n) is 3.88. The van der Waals surface area contributed by atoms with E-state index in [4.69, 9.17) is 4.99 Å². The number of rotatable bonds is 6. The molecular weight excluding hydrogens is 336 g/mol. The van der Waals surface area contributed by atoms with Crippen LogP contribution in [0.5, 0.6) is 0 Å². The zero-order chi connectivity index (χ0) is 19.1. The van der Waals surface area contributed by atoms with Crippen molar-refractivity contribution in [1.29, 1.82) is 0 Å². The highest BCUT2D eigenvalue weighted by atomic mass is 15.3. The number of aryl methyl sites for hydroxylation is 1. The third kappa shape index (κ3) is 5.55. The molecule has 27 heavy (non-hydrogen) atoms. The third-order valence-corrected chi connectivity index (χ3v) is 5.07. The molecular formula is C21H32N6. The molecule has 1 fully saturated rings. The van der Waals surface area contributed by atoms with Gasteiger partial charge in [-0.25, -0.2) is 4.99 Å². The van der Waals surface area contributed by atoms with Crippen molar-refractivity contribution in [2.45, 2.75) is 46.7 Å². The van der Waals surface area contributed by atoms with Gasteiger partial charge >= 0.3 is 0 Å². The van der Waals surface area contributed by atoms with Crippen LogP contribution in [0.15, 0.2) is 41.7 Å². The number of guanidine groups is 1. The fraction of sp³-hybridized carbons (Fsp3) is 0.571. The Bertz CT molecular complexity index is 713. The summed E-state index contributed by atoms with van der Waals surface area (Å²) in [4.78, 5) is 7.36. The zero-order valence-corrected chi connectivity index (χ0v) is 16.8. The van der Waals surface area contributed by atoms with Crippen molar-refractivity contribution in [1.82, 2.24) is 25.0 Å². The standard InChI is InChI=1S/C21H32N6/c1-4-20-25-24-16-26(20)11-10-22-21(23-13-19-8-6-5-7-9-19)27-14-17(2)12-18(3)15-27/h5-9,16-18H,4,10-15H2,1-3H3,(H,22,23). The van der Waals surface area contributed by atoms with Crippen molar-refractivity contribution >= 4 is 5.96 Å². The van der Waals surface area contributed by atoms with E-state index in [-0.39, 0.29) is 0 Å². The summed E-state index contributed by atoms with van der Waals surface area (Å²) in [7, 11) is 0. The van der Waals surface area contributed by atoms with E-state index >= 15 is 0 Å². The summed E-state index contributed by atoms with van der Waals surface area (Å²) in [6, 6.07) is 10.5. The molecule has 6 heteroatoms. The van der Waals surface area contributed by atoms with E-state index in [0.29, 0.717) is 18.4 Å². The van der Waals surface area contributed by atoms with Crippen LogP contribution in [0.2, 0.25) is 0 Å². The van der Waals surface area contributed by atoms with Gasteiger partial charge in [-0.05, 0) is 23.8 Å². The zero-order valence-electron chi connectivity index (χ0n) is 16.8. The highest BCUT2D eigenvalue weighted by Gasteiger charge is 2.24. The lowest BCUT2D eigenvalue weighted by molar-refractivity contribution is 0.208. The van der Waals surface area contributed by atoms with Crippen LogP contribution in [0.4, 0.5) is 0 Å². The lowest BCUT2D eigenvalue weighted by Crippen LogP contribution is -2.49. The van der Waals surface area contributed by atoms with Gasteiger partial charge in [-0.15, -0.1) is 10.2 Å². The molecule has 0 saturated carbocycles. The minimum Gasteiger partial charge on any atom is -0.354 e. The third-order valence-electron chi connectivity index (χ3n) is 5.07. The largest absolute Gasteiger partial charge is 0.354 e. The Balaban J connectivity index is 1.67. The molecule has 6 nitrogen and oxygen atoms in total. The molecule has 0 spiro atoms. The summed E-state index contributed by atoms with van der Waals surface area (Å²) in [5.41, 5.74) is 1.24. The van der Waals surface area contributed by atoms with E-state index in [1.54, 1.807) is 0 Å². The number of nitrogens with zero attached hydrogens (tertiary/aromatic N) is 5. The number of aliphatic imine (C=N–C) groups is 1. The molecule has 0 aliphatic carbocycles. The number of hydrogen-bond acceptors (Lipinski definition) is 3. The van der Waals surface area contributed by atoms with Crippen molar-refractivity contribution in [2.75, 3.05) is 19.6 Å². The van der Waals surface area contributed by atoms with E-state index in [0.717, 1.165) is 44.4 Å². The number of hydrogen-bond donors (Lipinski definition) is 1. The highest BCUT2D eigenvalue weighted by Crippen LogP contribution is 2.21. The minimum atomic E-state index is 0.696. The van der Waals surface area contributed by atoms with Gasteiger partial charge in [0.05, 0.1) is 6.54 Å². The normalized spacial score (nSPS) is 20.7. The molecule has 2 unspecified atom stereocenters. The molecule has 1 aromatic heterocycles. The summed E-state index contributed by atoms with van der Waals surface area (Å²) in [5.74, 6) is 3.44. The molecule has 0 amide bonds. The summed E-state index contributed by atoms with van der Waals surface area (Å²) < 4.78 is 2.11. The molecule has 2 aromatic rings. The Kier molecular flexibility index (Phi) is 6.85. The van der Waals surface area contributed by atoms with Crippen LogP contribution >= 0.6 is 0 Å². The van der Waals surface area contributed by atoms with Crippen molar-refractivity contribution in [3.8, 4) is 0 Å². The maximum atomic E-state index is 4.94. The number of aromatic nitrogens is 3. The lowest BCUT2D eigenvalue weighted by Gasteiger charge is -2.37. The van der Waals surface area contributed by atoms with Crippen LogP contribution in [-0.4, -0.2) is 45.3 Å². The Hall–Kier alpha value is -2.37. The van der Waals surface area contributed by atoms with E-state index < -0.39 is 0 Å². The van der Waals surface area contributed by atoms with Crippen LogP contribution in [0, 0.1) is 11.8 Å². The molecule has 2 atom stereocenters. The van der Waals surface area contributed by atoms with Crippen molar-refractivity contribution < 1.29 is 0 Å². The first-order valence-corrected chi connectivity index (χ1v) is 10.1. The summed E-state index contributed by atoms with van der Waals surface area (Å²) in [6.07, 6.45) is 4.01. The van der Waals surface area contributed by atoms with Gasteiger partial charge in [0.1, 0.15) is 12.2 Å². The molecule has 1 aliphatic rings. The molecule has 1 saturated heterocycles. The van der Waals surface area contributed by atoms with Crippen molar-refractivity contribution in [2.24, 2.45) is 16.8 Å². The van der Waals surface area contributed by atoms with Gasteiger partial charge in [-0.3, -0.25) is 0 Å². The predicted octanol–water partition coefficient (Wildman–Crippen LogP) is 2.96.